The van der Waals surface area contributed by atoms with Gasteiger partial charge >= 0.3 is 0 Å². The average molecular weight is 472 g/mol. The van der Waals surface area contributed by atoms with E-state index in [1.54, 1.807) is 0 Å². The number of nitrogens with one attached hydrogen (secondary N) is 2. The number of carbonyl (C=O) groups excluding carboxylic acids is 1. The Hall–Kier alpha value is -3.61. The van der Waals surface area contributed by atoms with E-state index in [1.807, 2.05) is 41.6 Å². The van der Waals surface area contributed by atoms with Gasteiger partial charge in [0, 0.05) is 30.6 Å². The number of fused-ring (bicyclic) bond motifs is 1. The van der Waals surface area contributed by atoms with Crippen LogP contribution in [0.25, 0.3) is 11.0 Å². The first-order valence-corrected chi connectivity index (χ1v) is 12.7. The third kappa shape index (κ3) is 5.09. The van der Waals surface area contributed by atoms with E-state index in [-0.39, 0.29) is 6.04 Å². The van der Waals surface area contributed by atoms with Gasteiger partial charge in [-0.1, -0.05) is 54.8 Å². The summed E-state index contributed by atoms with van der Waals surface area (Å²) in [5, 5.41) is 8.97. The highest BCUT2D eigenvalue weighted by Crippen LogP contribution is 2.36. The number of allylic oxidation sites excluding steroid dienone is 1. The molecule has 1 aromatic carbocycles. The fourth-order valence-electron chi connectivity index (χ4n) is 5.16. The second-order valence-corrected chi connectivity index (χ2v) is 9.44. The van der Waals surface area contributed by atoms with E-state index in [0.29, 0.717) is 13.0 Å². The number of amides is 1. The zero-order chi connectivity index (χ0) is 24.0. The molecule has 3 aromatic rings. The largest absolute Gasteiger partial charge is 0.382 e. The van der Waals surface area contributed by atoms with E-state index >= 15 is 0 Å². The van der Waals surface area contributed by atoms with E-state index in [4.69, 9.17) is 4.84 Å². The Labute approximate surface area is 206 Å². The molecular formula is C28H33N5O2. The summed E-state index contributed by atoms with van der Waals surface area (Å²) in [5.41, 5.74) is 5.88. The molecule has 0 unspecified atom stereocenters. The molecule has 7 nitrogen and oxygen atoms in total. The maximum absolute atomic E-state index is 12.3. The Morgan fingerprint density at radius 3 is 2.77 bits per heavy atom. The predicted octanol–water partition coefficient (Wildman–Crippen LogP) is 6.15. The van der Waals surface area contributed by atoms with E-state index in [0.717, 1.165) is 84.4 Å². The lowest BCUT2D eigenvalue weighted by atomic mass is 9.94. The number of rotatable bonds is 8. The van der Waals surface area contributed by atoms with Crippen molar-refractivity contribution in [3.8, 4) is 0 Å². The predicted molar refractivity (Wildman–Crippen MR) is 141 cm³/mol. The lowest BCUT2D eigenvalue weighted by Gasteiger charge is -2.33. The highest BCUT2D eigenvalue weighted by atomic mass is 16.6. The lowest BCUT2D eigenvalue weighted by molar-refractivity contribution is -0.108. The number of anilines is 2. The molecule has 1 fully saturated rings. The van der Waals surface area contributed by atoms with Gasteiger partial charge in [-0.3, -0.25) is 4.79 Å². The molecule has 3 heterocycles. The third-order valence-corrected chi connectivity index (χ3v) is 7.15. The molecule has 182 valence electrons. The Morgan fingerprint density at radius 1 is 1.14 bits per heavy atom. The van der Waals surface area contributed by atoms with Crippen LogP contribution in [0.1, 0.15) is 63.9 Å². The first-order valence-electron chi connectivity index (χ1n) is 12.7. The number of benzene rings is 1. The zero-order valence-electron chi connectivity index (χ0n) is 20.3. The second-order valence-electron chi connectivity index (χ2n) is 9.44. The van der Waals surface area contributed by atoms with Gasteiger partial charge in [-0.2, -0.15) is 0 Å². The minimum atomic E-state index is 0.225. The number of aromatic amines is 1. The van der Waals surface area contributed by atoms with Crippen LogP contribution in [0.3, 0.4) is 0 Å². The van der Waals surface area contributed by atoms with Gasteiger partial charge in [0.25, 0.3) is 0 Å². The van der Waals surface area contributed by atoms with Crippen molar-refractivity contribution in [3.05, 3.63) is 65.7 Å². The van der Waals surface area contributed by atoms with Gasteiger partial charge in [0.05, 0.1) is 23.3 Å². The average Bonchev–Trinajstić information content (AvgIpc) is 3.31. The molecule has 0 saturated heterocycles. The van der Waals surface area contributed by atoms with Gasteiger partial charge < -0.3 is 20.0 Å². The van der Waals surface area contributed by atoms with E-state index < -0.39 is 0 Å². The first kappa shape index (κ1) is 23.1. The molecule has 2 aliphatic rings. The van der Waals surface area contributed by atoms with Crippen molar-refractivity contribution in [2.75, 3.05) is 16.8 Å². The van der Waals surface area contributed by atoms with Crippen molar-refractivity contribution in [2.45, 2.75) is 64.3 Å². The summed E-state index contributed by atoms with van der Waals surface area (Å²) in [6, 6.07) is 12.4. The van der Waals surface area contributed by atoms with Crippen molar-refractivity contribution in [1.29, 1.82) is 0 Å². The summed E-state index contributed by atoms with van der Waals surface area (Å²) in [6.07, 6.45) is 12.8. The maximum atomic E-state index is 12.3. The molecule has 5 rings (SSSR count). The lowest BCUT2D eigenvalue weighted by Crippen LogP contribution is -2.36. The van der Waals surface area contributed by atoms with Crippen molar-refractivity contribution >= 4 is 34.5 Å². The zero-order valence-corrected chi connectivity index (χ0v) is 20.3. The van der Waals surface area contributed by atoms with Crippen LogP contribution in [0.5, 0.6) is 0 Å². The summed E-state index contributed by atoms with van der Waals surface area (Å²) in [4.78, 5) is 27.9. The monoisotopic (exact) mass is 471 g/mol. The van der Waals surface area contributed by atoms with Gasteiger partial charge in [-0.05, 0) is 49.8 Å². The molecule has 0 spiro atoms. The molecule has 2 N–H and O–H groups in total. The maximum Gasteiger partial charge on any atom is 0.214 e. The van der Waals surface area contributed by atoms with Crippen molar-refractivity contribution in [2.24, 2.45) is 5.16 Å². The molecule has 0 radical (unpaired) electrons. The molecular weight excluding hydrogens is 438 g/mol. The molecule has 0 bridgehead atoms. The summed E-state index contributed by atoms with van der Waals surface area (Å²) in [7, 11) is 0. The Bertz CT molecular complexity index is 1220. The van der Waals surface area contributed by atoms with Crippen LogP contribution in [-0.2, 0) is 9.63 Å². The molecule has 1 aliphatic heterocycles. The molecule has 0 atom stereocenters. The van der Waals surface area contributed by atoms with Gasteiger partial charge in [0.2, 0.25) is 6.41 Å². The summed E-state index contributed by atoms with van der Waals surface area (Å²) >= 11 is 0. The van der Waals surface area contributed by atoms with Crippen molar-refractivity contribution < 1.29 is 9.63 Å². The molecule has 1 saturated carbocycles. The number of oxime groups is 1. The minimum Gasteiger partial charge on any atom is -0.382 e. The van der Waals surface area contributed by atoms with E-state index in [9.17, 15) is 4.79 Å². The van der Waals surface area contributed by atoms with Crippen LogP contribution >= 0.6 is 0 Å². The quantitative estimate of drug-likeness (QED) is 0.386. The van der Waals surface area contributed by atoms with Crippen LogP contribution in [0.2, 0.25) is 0 Å². The van der Waals surface area contributed by atoms with Crippen LogP contribution in [0, 0.1) is 0 Å². The molecule has 35 heavy (non-hydrogen) atoms. The van der Waals surface area contributed by atoms with Crippen LogP contribution in [0.4, 0.5) is 11.4 Å². The normalized spacial score (nSPS) is 17.0. The van der Waals surface area contributed by atoms with Crippen molar-refractivity contribution in [1.82, 2.24) is 9.97 Å². The van der Waals surface area contributed by atoms with E-state index in [2.05, 4.69) is 39.5 Å². The number of hydrogen-bond donors (Lipinski definition) is 2. The van der Waals surface area contributed by atoms with Gasteiger partial charge in [0.1, 0.15) is 11.4 Å². The number of nitrogens with zero attached hydrogens (tertiary/aromatic N) is 3. The molecule has 2 aromatic heterocycles. The second kappa shape index (κ2) is 10.8. The third-order valence-electron chi connectivity index (χ3n) is 7.15. The standard InChI is InChI=1S/C28H33N5O2/c1-20-12-13-24(21-8-4-2-5-9-21)32-35-26(20)15-17-29-25-18-31-28-23(14-16-30-28)27(25)33(19-34)22-10-6-3-7-11-22/h2,4-5,8-9,14,16,18-19,22,29H,3,6-7,10-13,15,17H2,1H3,(H,30,31). The fourth-order valence-corrected chi connectivity index (χ4v) is 5.16. The highest BCUT2D eigenvalue weighted by molar-refractivity contribution is 6.02. The Morgan fingerprint density at radius 2 is 1.97 bits per heavy atom. The van der Waals surface area contributed by atoms with Crippen LogP contribution in [-0.4, -0.2) is 34.7 Å². The van der Waals surface area contributed by atoms with E-state index in [1.165, 1.54) is 12.0 Å². The SMILES string of the molecule is CC1=C(CCNc2cnc3[nH]ccc3c2N(C=O)C2CCCCC2)ON=C(c2ccccc2)CC1. The Kier molecular flexibility index (Phi) is 7.12. The van der Waals surface area contributed by atoms with Crippen LogP contribution in [0.15, 0.2) is 65.3 Å². The number of hydrogen-bond acceptors (Lipinski definition) is 5. The first-order chi connectivity index (χ1) is 17.2. The topological polar surface area (TPSA) is 82.6 Å². The van der Waals surface area contributed by atoms with Gasteiger partial charge in [-0.15, -0.1) is 0 Å². The summed E-state index contributed by atoms with van der Waals surface area (Å²) in [5.74, 6) is 0.903. The number of pyridine rings is 1. The number of aromatic nitrogens is 2. The fraction of sp³-hybridized carbons (Fsp3) is 0.393. The van der Waals surface area contributed by atoms with Gasteiger partial charge in [0.15, 0.2) is 0 Å². The molecule has 1 amide bonds. The van der Waals surface area contributed by atoms with Gasteiger partial charge in [-0.25, -0.2) is 4.98 Å². The number of H-pyrrole nitrogens is 1. The summed E-state index contributed by atoms with van der Waals surface area (Å²) in [6.45, 7) is 2.78. The molecule has 1 aliphatic carbocycles. The molecule has 7 heteroatoms. The summed E-state index contributed by atoms with van der Waals surface area (Å²) < 4.78 is 0. The highest BCUT2D eigenvalue weighted by Gasteiger charge is 2.25. The Balaban J connectivity index is 1.32. The number of carbonyl (C=O) groups is 1. The minimum absolute atomic E-state index is 0.225. The van der Waals surface area contributed by atoms with Crippen LogP contribution < -0.4 is 10.2 Å². The smallest absolute Gasteiger partial charge is 0.214 e. The van der Waals surface area contributed by atoms with Crippen molar-refractivity contribution in [3.63, 3.8) is 0 Å².